The van der Waals surface area contributed by atoms with E-state index in [0.717, 1.165) is 48.3 Å². The lowest BCUT2D eigenvalue weighted by atomic mass is 10.0. The SMILES string of the molecule is Cc1ccc(N(C(=O)c2nsc(Cl)c2Cl)[C@H](C(=O)NC2CCCC2)c2ccc(O)cc2)cc1C. The molecule has 1 atom stereocenters. The molecule has 0 saturated heterocycles. The van der Waals surface area contributed by atoms with Crippen molar-refractivity contribution in [3.05, 3.63) is 74.2 Å². The zero-order valence-corrected chi connectivity index (χ0v) is 21.2. The van der Waals surface area contributed by atoms with Gasteiger partial charge in [-0.05, 0) is 79.2 Å². The average molecular weight is 518 g/mol. The van der Waals surface area contributed by atoms with Crippen molar-refractivity contribution in [3.8, 4) is 5.75 Å². The number of halogens is 2. The fourth-order valence-electron chi connectivity index (χ4n) is 4.19. The molecule has 1 heterocycles. The molecule has 2 amide bonds. The molecule has 1 aromatic heterocycles. The van der Waals surface area contributed by atoms with Crippen molar-refractivity contribution < 1.29 is 14.7 Å². The van der Waals surface area contributed by atoms with E-state index in [4.69, 9.17) is 23.2 Å². The summed E-state index contributed by atoms with van der Waals surface area (Å²) in [6, 6.07) is 10.9. The van der Waals surface area contributed by atoms with Crippen LogP contribution in [0.1, 0.15) is 58.9 Å². The van der Waals surface area contributed by atoms with E-state index in [-0.39, 0.29) is 32.8 Å². The van der Waals surface area contributed by atoms with Gasteiger partial charge in [-0.1, -0.05) is 54.2 Å². The van der Waals surface area contributed by atoms with Crippen LogP contribution in [0.3, 0.4) is 0 Å². The van der Waals surface area contributed by atoms with Gasteiger partial charge in [-0.25, -0.2) is 0 Å². The minimum Gasteiger partial charge on any atom is -0.508 e. The highest BCUT2D eigenvalue weighted by Gasteiger charge is 2.37. The second-order valence-corrected chi connectivity index (χ2v) is 10.3. The molecule has 1 aliphatic carbocycles. The zero-order chi connectivity index (χ0) is 24.4. The van der Waals surface area contributed by atoms with Crippen LogP contribution < -0.4 is 10.2 Å². The van der Waals surface area contributed by atoms with E-state index in [1.807, 2.05) is 26.0 Å². The van der Waals surface area contributed by atoms with E-state index in [0.29, 0.717) is 11.3 Å². The molecular weight excluding hydrogens is 493 g/mol. The van der Waals surface area contributed by atoms with Crippen LogP contribution in [-0.2, 0) is 4.79 Å². The number of aromatic hydroxyl groups is 1. The Labute approximate surface area is 212 Å². The molecule has 4 rings (SSSR count). The van der Waals surface area contributed by atoms with Crippen LogP contribution in [0.25, 0.3) is 0 Å². The summed E-state index contributed by atoms with van der Waals surface area (Å²) in [5, 5.41) is 13.0. The van der Waals surface area contributed by atoms with Gasteiger partial charge >= 0.3 is 0 Å². The number of anilines is 1. The van der Waals surface area contributed by atoms with Gasteiger partial charge < -0.3 is 10.4 Å². The lowest BCUT2D eigenvalue weighted by molar-refractivity contribution is -0.123. The van der Waals surface area contributed by atoms with Crippen molar-refractivity contribution in [2.45, 2.75) is 51.6 Å². The number of nitrogens with one attached hydrogen (secondary N) is 1. The number of phenols is 1. The maximum atomic E-state index is 13.9. The maximum absolute atomic E-state index is 13.9. The monoisotopic (exact) mass is 517 g/mol. The first-order chi connectivity index (χ1) is 16.3. The second kappa shape index (κ2) is 10.3. The van der Waals surface area contributed by atoms with Gasteiger partial charge in [-0.15, -0.1) is 0 Å². The molecule has 178 valence electrons. The third kappa shape index (κ3) is 5.06. The maximum Gasteiger partial charge on any atom is 0.280 e. The summed E-state index contributed by atoms with van der Waals surface area (Å²) in [6.45, 7) is 3.93. The number of amides is 2. The molecule has 1 saturated carbocycles. The Bertz CT molecular complexity index is 1210. The fourth-order valence-corrected chi connectivity index (χ4v) is 5.18. The number of nitrogens with zero attached hydrogens (tertiary/aromatic N) is 2. The van der Waals surface area contributed by atoms with Gasteiger partial charge in [0.05, 0.1) is 0 Å². The van der Waals surface area contributed by atoms with Crippen LogP contribution in [0.4, 0.5) is 5.69 Å². The number of aryl methyl sites for hydroxylation is 2. The molecule has 9 heteroatoms. The third-order valence-corrected chi connectivity index (χ3v) is 7.82. The Hall–Kier alpha value is -2.61. The summed E-state index contributed by atoms with van der Waals surface area (Å²) in [6.07, 6.45) is 3.92. The molecule has 1 aliphatic rings. The lowest BCUT2D eigenvalue weighted by Gasteiger charge is -2.32. The van der Waals surface area contributed by atoms with E-state index in [9.17, 15) is 14.7 Å². The van der Waals surface area contributed by atoms with E-state index >= 15 is 0 Å². The molecule has 2 N–H and O–H groups in total. The van der Waals surface area contributed by atoms with Crippen molar-refractivity contribution in [3.63, 3.8) is 0 Å². The van der Waals surface area contributed by atoms with E-state index in [1.165, 1.54) is 17.0 Å². The van der Waals surface area contributed by atoms with Crippen molar-refractivity contribution in [2.75, 3.05) is 4.90 Å². The molecule has 0 unspecified atom stereocenters. The summed E-state index contributed by atoms with van der Waals surface area (Å²) in [4.78, 5) is 29.0. The Morgan fingerprint density at radius 2 is 1.76 bits per heavy atom. The smallest absolute Gasteiger partial charge is 0.280 e. The zero-order valence-electron chi connectivity index (χ0n) is 18.8. The van der Waals surface area contributed by atoms with E-state index in [1.54, 1.807) is 18.2 Å². The van der Waals surface area contributed by atoms with Crippen LogP contribution in [0.15, 0.2) is 42.5 Å². The molecule has 6 nitrogen and oxygen atoms in total. The van der Waals surface area contributed by atoms with Crippen LogP contribution in [0.5, 0.6) is 5.75 Å². The Morgan fingerprint density at radius 3 is 2.35 bits per heavy atom. The Kier molecular flexibility index (Phi) is 7.45. The predicted octanol–water partition coefficient (Wildman–Crippen LogP) is 6.22. The summed E-state index contributed by atoms with van der Waals surface area (Å²) in [5.74, 6) is -0.769. The number of benzene rings is 2. The minimum absolute atomic E-state index is 0.00709. The largest absolute Gasteiger partial charge is 0.508 e. The average Bonchev–Trinajstić information content (AvgIpc) is 3.44. The Balaban J connectivity index is 1.86. The molecule has 0 spiro atoms. The highest BCUT2D eigenvalue weighted by Crippen LogP contribution is 2.36. The van der Waals surface area contributed by atoms with Gasteiger partial charge in [0.15, 0.2) is 5.69 Å². The third-order valence-electron chi connectivity index (χ3n) is 6.20. The lowest BCUT2D eigenvalue weighted by Crippen LogP contribution is -2.46. The van der Waals surface area contributed by atoms with Crippen molar-refractivity contribution in [1.82, 2.24) is 9.69 Å². The Morgan fingerprint density at radius 1 is 1.09 bits per heavy atom. The van der Waals surface area contributed by atoms with Crippen molar-refractivity contribution >= 4 is 52.2 Å². The van der Waals surface area contributed by atoms with E-state index in [2.05, 4.69) is 9.69 Å². The van der Waals surface area contributed by atoms with Gasteiger partial charge in [0.2, 0.25) is 5.91 Å². The van der Waals surface area contributed by atoms with Gasteiger partial charge in [-0.2, -0.15) is 4.37 Å². The number of aromatic nitrogens is 1. The number of hydrogen-bond donors (Lipinski definition) is 2. The topological polar surface area (TPSA) is 82.5 Å². The van der Waals surface area contributed by atoms with Crippen LogP contribution in [0, 0.1) is 13.8 Å². The molecule has 2 aromatic carbocycles. The summed E-state index contributed by atoms with van der Waals surface area (Å²) in [7, 11) is 0. The highest BCUT2D eigenvalue weighted by atomic mass is 35.5. The van der Waals surface area contributed by atoms with Gasteiger partial charge in [-0.3, -0.25) is 14.5 Å². The minimum atomic E-state index is -1.01. The van der Waals surface area contributed by atoms with Crippen LogP contribution >= 0.6 is 34.7 Å². The van der Waals surface area contributed by atoms with E-state index < -0.39 is 11.9 Å². The molecule has 3 aromatic rings. The number of hydrogen-bond acceptors (Lipinski definition) is 5. The normalized spacial score (nSPS) is 14.7. The van der Waals surface area contributed by atoms with Gasteiger partial charge in [0, 0.05) is 11.7 Å². The molecule has 34 heavy (non-hydrogen) atoms. The van der Waals surface area contributed by atoms with Crippen molar-refractivity contribution in [2.24, 2.45) is 0 Å². The van der Waals surface area contributed by atoms with Crippen LogP contribution in [0.2, 0.25) is 9.36 Å². The molecule has 0 aliphatic heterocycles. The quantitative estimate of drug-likeness (QED) is 0.406. The summed E-state index contributed by atoms with van der Waals surface area (Å²) >= 11 is 13.3. The van der Waals surface area contributed by atoms with Crippen molar-refractivity contribution in [1.29, 1.82) is 0 Å². The van der Waals surface area contributed by atoms with Gasteiger partial charge in [0.1, 0.15) is 21.2 Å². The second-order valence-electron chi connectivity index (χ2n) is 8.55. The molecule has 0 radical (unpaired) electrons. The standard InChI is InChI=1S/C25H25Cl2N3O3S/c1-14-7-10-18(13-15(14)2)30(25(33)21-20(26)23(27)34-29-21)22(16-8-11-19(31)12-9-16)24(32)28-17-5-3-4-6-17/h7-13,17,22,31H,3-6H2,1-2H3,(H,28,32)/t22-/m0/s1. The fraction of sp³-hybridized carbons (Fsp3) is 0.320. The number of phenolic OH excluding ortho intramolecular Hbond substituents is 1. The number of carbonyl (C=O) groups is 2. The summed E-state index contributed by atoms with van der Waals surface area (Å²) < 4.78 is 4.38. The molecule has 0 bridgehead atoms. The van der Waals surface area contributed by atoms with Gasteiger partial charge in [0.25, 0.3) is 5.91 Å². The first kappa shape index (κ1) is 24.5. The molecular formula is C25H25Cl2N3O3S. The number of carbonyl (C=O) groups excluding carboxylic acids is 2. The first-order valence-electron chi connectivity index (χ1n) is 11.1. The highest BCUT2D eigenvalue weighted by molar-refractivity contribution is 7.11. The number of rotatable bonds is 6. The molecule has 1 fully saturated rings. The predicted molar refractivity (Wildman–Crippen MR) is 136 cm³/mol. The summed E-state index contributed by atoms with van der Waals surface area (Å²) in [5.41, 5.74) is 3.11. The first-order valence-corrected chi connectivity index (χ1v) is 12.6. The van der Waals surface area contributed by atoms with Crippen LogP contribution in [-0.4, -0.2) is 27.3 Å².